The number of hydrogen-bond donors (Lipinski definition) is 1. The Hall–Kier alpha value is -1.96. The van der Waals surface area contributed by atoms with Gasteiger partial charge in [-0.1, -0.05) is 0 Å². The Kier molecular flexibility index (Phi) is 3.56. The van der Waals surface area contributed by atoms with Gasteiger partial charge in [0.2, 0.25) is 0 Å². The van der Waals surface area contributed by atoms with E-state index in [1.807, 2.05) is 0 Å². The van der Waals surface area contributed by atoms with Crippen LogP contribution in [0, 0.1) is 10.1 Å². The SMILES string of the molecule is COC(=O)C(CN)c1c([N+](=O)[O-])cnn1C. The number of esters is 1. The van der Waals surface area contributed by atoms with Crippen molar-refractivity contribution >= 4 is 11.7 Å². The van der Waals surface area contributed by atoms with Crippen molar-refractivity contribution in [3.8, 4) is 0 Å². The third kappa shape index (κ3) is 2.01. The summed E-state index contributed by atoms with van der Waals surface area (Å²) in [6.07, 6.45) is 1.08. The summed E-state index contributed by atoms with van der Waals surface area (Å²) in [5.41, 5.74) is 5.33. The normalized spacial score (nSPS) is 12.2. The van der Waals surface area contributed by atoms with Crippen molar-refractivity contribution in [3.63, 3.8) is 0 Å². The van der Waals surface area contributed by atoms with Crippen LogP contribution in [0.5, 0.6) is 0 Å². The predicted molar refractivity (Wildman–Crippen MR) is 53.7 cm³/mol. The van der Waals surface area contributed by atoms with E-state index >= 15 is 0 Å². The molecule has 0 aliphatic rings. The van der Waals surface area contributed by atoms with Crippen LogP contribution in [0.1, 0.15) is 11.6 Å². The highest BCUT2D eigenvalue weighted by atomic mass is 16.6. The van der Waals surface area contributed by atoms with Gasteiger partial charge in [0.15, 0.2) is 0 Å². The van der Waals surface area contributed by atoms with Crippen molar-refractivity contribution < 1.29 is 14.5 Å². The molecule has 1 aromatic heterocycles. The Labute approximate surface area is 91.1 Å². The highest BCUT2D eigenvalue weighted by molar-refractivity contribution is 5.79. The number of carbonyl (C=O) groups is 1. The summed E-state index contributed by atoms with van der Waals surface area (Å²) in [5, 5.41) is 14.5. The first-order valence-electron chi connectivity index (χ1n) is 4.47. The average molecular weight is 228 g/mol. The Morgan fingerprint density at radius 2 is 2.44 bits per heavy atom. The van der Waals surface area contributed by atoms with Gasteiger partial charge in [-0.2, -0.15) is 5.10 Å². The smallest absolute Gasteiger partial charge is 0.316 e. The molecule has 1 atom stereocenters. The van der Waals surface area contributed by atoms with E-state index in [2.05, 4.69) is 9.84 Å². The number of nitrogens with two attached hydrogens (primary N) is 1. The van der Waals surface area contributed by atoms with Gasteiger partial charge in [-0.05, 0) is 0 Å². The fourth-order valence-corrected chi connectivity index (χ4v) is 1.44. The molecule has 0 aliphatic heterocycles. The second kappa shape index (κ2) is 4.71. The van der Waals surface area contributed by atoms with E-state index in [4.69, 9.17) is 5.73 Å². The number of rotatable bonds is 4. The number of ether oxygens (including phenoxy) is 1. The number of aryl methyl sites for hydroxylation is 1. The second-order valence-electron chi connectivity index (χ2n) is 3.11. The van der Waals surface area contributed by atoms with Crippen molar-refractivity contribution in [1.29, 1.82) is 0 Å². The summed E-state index contributed by atoms with van der Waals surface area (Å²) in [7, 11) is 2.71. The molecule has 8 heteroatoms. The molecular weight excluding hydrogens is 216 g/mol. The molecule has 0 radical (unpaired) electrons. The predicted octanol–water partition coefficient (Wildman–Crippen LogP) is -0.456. The quantitative estimate of drug-likeness (QED) is 0.424. The highest BCUT2D eigenvalue weighted by Crippen LogP contribution is 2.25. The first kappa shape index (κ1) is 12.1. The van der Waals surface area contributed by atoms with Gasteiger partial charge in [-0.15, -0.1) is 0 Å². The van der Waals surface area contributed by atoms with Crippen molar-refractivity contribution in [2.45, 2.75) is 5.92 Å². The lowest BCUT2D eigenvalue weighted by Crippen LogP contribution is -2.25. The summed E-state index contributed by atoms with van der Waals surface area (Å²) in [6.45, 7) is -0.0763. The first-order chi connectivity index (χ1) is 7.52. The molecule has 1 rings (SSSR count). The molecule has 0 bridgehead atoms. The zero-order valence-electron chi connectivity index (χ0n) is 8.91. The van der Waals surface area contributed by atoms with Crippen LogP contribution in [-0.2, 0) is 16.6 Å². The molecular formula is C8H12N4O4. The molecule has 1 aromatic rings. The molecule has 0 saturated heterocycles. The molecule has 8 nitrogen and oxygen atoms in total. The van der Waals surface area contributed by atoms with E-state index < -0.39 is 16.8 Å². The minimum atomic E-state index is -0.877. The summed E-state index contributed by atoms with van der Waals surface area (Å²) >= 11 is 0. The topological polar surface area (TPSA) is 113 Å². The standard InChI is InChI=1S/C8H12N4O4/c1-11-7(5(3-9)8(13)16-2)6(4-10-11)12(14)15/h4-5H,3,9H2,1-2H3. The van der Waals surface area contributed by atoms with E-state index in [0.29, 0.717) is 0 Å². The van der Waals surface area contributed by atoms with Crippen LogP contribution in [0.4, 0.5) is 5.69 Å². The van der Waals surface area contributed by atoms with Crippen LogP contribution < -0.4 is 5.73 Å². The number of carbonyl (C=O) groups excluding carboxylic acids is 1. The van der Waals surface area contributed by atoms with Crippen LogP contribution in [0.25, 0.3) is 0 Å². The second-order valence-corrected chi connectivity index (χ2v) is 3.11. The van der Waals surface area contributed by atoms with E-state index in [1.54, 1.807) is 0 Å². The molecule has 0 amide bonds. The lowest BCUT2D eigenvalue weighted by Gasteiger charge is -2.11. The van der Waals surface area contributed by atoms with E-state index in [0.717, 1.165) is 6.20 Å². The lowest BCUT2D eigenvalue weighted by atomic mass is 10.1. The minimum Gasteiger partial charge on any atom is -0.468 e. The molecule has 16 heavy (non-hydrogen) atoms. The van der Waals surface area contributed by atoms with Crippen LogP contribution in [0.2, 0.25) is 0 Å². The number of nitrogens with zero attached hydrogens (tertiary/aromatic N) is 3. The maximum absolute atomic E-state index is 11.4. The monoisotopic (exact) mass is 228 g/mol. The lowest BCUT2D eigenvalue weighted by molar-refractivity contribution is -0.385. The summed E-state index contributed by atoms with van der Waals surface area (Å²) < 4.78 is 5.79. The molecule has 0 saturated carbocycles. The highest BCUT2D eigenvalue weighted by Gasteiger charge is 2.31. The Bertz CT molecular complexity index is 414. The third-order valence-electron chi connectivity index (χ3n) is 2.21. The number of aromatic nitrogens is 2. The van der Waals surface area contributed by atoms with Gasteiger partial charge in [0, 0.05) is 13.6 Å². The molecule has 0 aromatic carbocycles. The van der Waals surface area contributed by atoms with Crippen LogP contribution in [0.15, 0.2) is 6.20 Å². The van der Waals surface area contributed by atoms with Crippen LogP contribution in [0.3, 0.4) is 0 Å². The molecule has 0 aliphatic carbocycles. The van der Waals surface area contributed by atoms with Crippen molar-refractivity contribution in [2.24, 2.45) is 12.8 Å². The van der Waals surface area contributed by atoms with Gasteiger partial charge in [0.1, 0.15) is 17.8 Å². The Morgan fingerprint density at radius 3 is 2.88 bits per heavy atom. The molecule has 1 heterocycles. The van der Waals surface area contributed by atoms with Crippen molar-refractivity contribution in [2.75, 3.05) is 13.7 Å². The van der Waals surface area contributed by atoms with E-state index in [-0.39, 0.29) is 17.9 Å². The number of nitro groups is 1. The molecule has 0 fully saturated rings. The van der Waals surface area contributed by atoms with Gasteiger partial charge >= 0.3 is 11.7 Å². The van der Waals surface area contributed by atoms with E-state index in [9.17, 15) is 14.9 Å². The molecule has 0 spiro atoms. The van der Waals surface area contributed by atoms with Crippen LogP contribution >= 0.6 is 0 Å². The average Bonchev–Trinajstić information content (AvgIpc) is 2.62. The summed E-state index contributed by atoms with van der Waals surface area (Å²) in [5.74, 6) is -1.49. The largest absolute Gasteiger partial charge is 0.468 e. The van der Waals surface area contributed by atoms with Crippen LogP contribution in [-0.4, -0.2) is 34.3 Å². The summed E-state index contributed by atoms with van der Waals surface area (Å²) in [6, 6.07) is 0. The maximum atomic E-state index is 11.4. The van der Waals surface area contributed by atoms with Crippen molar-refractivity contribution in [1.82, 2.24) is 9.78 Å². The molecule has 2 N–H and O–H groups in total. The Balaban J connectivity index is 3.23. The number of hydrogen-bond acceptors (Lipinski definition) is 6. The summed E-state index contributed by atoms with van der Waals surface area (Å²) in [4.78, 5) is 21.5. The van der Waals surface area contributed by atoms with Crippen molar-refractivity contribution in [3.05, 3.63) is 22.0 Å². The maximum Gasteiger partial charge on any atom is 0.316 e. The van der Waals surface area contributed by atoms with Gasteiger partial charge in [-0.25, -0.2) is 0 Å². The molecule has 88 valence electrons. The molecule has 1 unspecified atom stereocenters. The van der Waals surface area contributed by atoms with E-state index in [1.165, 1.54) is 18.8 Å². The van der Waals surface area contributed by atoms with Gasteiger partial charge in [0.05, 0.1) is 12.0 Å². The zero-order valence-corrected chi connectivity index (χ0v) is 8.91. The first-order valence-corrected chi connectivity index (χ1v) is 4.47. The number of methoxy groups -OCH3 is 1. The fraction of sp³-hybridized carbons (Fsp3) is 0.500. The fourth-order valence-electron chi connectivity index (χ4n) is 1.44. The minimum absolute atomic E-state index is 0.0763. The van der Waals surface area contributed by atoms with Gasteiger partial charge < -0.3 is 10.5 Å². The van der Waals surface area contributed by atoms with Gasteiger partial charge in [-0.3, -0.25) is 19.6 Å². The zero-order chi connectivity index (χ0) is 12.3. The van der Waals surface area contributed by atoms with Gasteiger partial charge in [0.25, 0.3) is 0 Å². The Morgan fingerprint density at radius 1 is 1.81 bits per heavy atom. The third-order valence-corrected chi connectivity index (χ3v) is 2.21.